The molecule has 1 unspecified atom stereocenters. The van der Waals surface area contributed by atoms with E-state index in [0.717, 1.165) is 13.0 Å². The van der Waals surface area contributed by atoms with Gasteiger partial charge in [0.2, 0.25) is 0 Å². The summed E-state index contributed by atoms with van der Waals surface area (Å²) in [7, 11) is 1.43. The number of carboxylic acids is 1. The predicted molar refractivity (Wildman–Crippen MR) is 70.1 cm³/mol. The van der Waals surface area contributed by atoms with Crippen LogP contribution in [0.3, 0.4) is 0 Å². The summed E-state index contributed by atoms with van der Waals surface area (Å²) in [6.45, 7) is 2.99. The third-order valence-electron chi connectivity index (χ3n) is 2.75. The molecule has 0 aliphatic heterocycles. The Balaban J connectivity index is 2.54. The zero-order chi connectivity index (χ0) is 14.3. The molecule has 1 amide bonds. The summed E-state index contributed by atoms with van der Waals surface area (Å²) < 4.78 is 6.87. The van der Waals surface area contributed by atoms with E-state index in [-0.39, 0.29) is 18.9 Å². The molecule has 6 heteroatoms. The van der Waals surface area contributed by atoms with Gasteiger partial charge in [0.05, 0.1) is 12.5 Å². The maximum Gasteiger partial charge on any atom is 0.306 e. The Bertz CT molecular complexity index is 428. The quantitative estimate of drug-likeness (QED) is 0.740. The molecule has 0 saturated heterocycles. The van der Waals surface area contributed by atoms with Crippen LogP contribution in [0.1, 0.15) is 30.3 Å². The third-order valence-corrected chi connectivity index (χ3v) is 2.75. The number of carbonyl (C=O) groups is 2. The average molecular weight is 268 g/mol. The van der Waals surface area contributed by atoms with E-state index in [4.69, 9.17) is 9.84 Å². The van der Waals surface area contributed by atoms with Gasteiger partial charge in [-0.15, -0.1) is 0 Å². The number of aromatic nitrogens is 1. The highest BCUT2D eigenvalue weighted by atomic mass is 16.5. The van der Waals surface area contributed by atoms with Crippen LogP contribution in [-0.4, -0.2) is 41.3 Å². The van der Waals surface area contributed by atoms with Crippen molar-refractivity contribution in [2.24, 2.45) is 0 Å². The second kappa shape index (κ2) is 7.58. The standard InChI is InChI=1S/C13H20N2O4/c1-3-6-15-7-4-5-11(15)13(18)14-9-10(19-2)8-12(16)17/h4-5,7,10H,3,6,8-9H2,1-2H3,(H,14,18)(H,16,17). The Morgan fingerprint density at radius 3 is 2.84 bits per heavy atom. The number of carbonyl (C=O) groups excluding carboxylic acids is 1. The van der Waals surface area contributed by atoms with Crippen molar-refractivity contribution < 1.29 is 19.4 Å². The van der Waals surface area contributed by atoms with E-state index in [9.17, 15) is 9.59 Å². The first-order valence-electron chi connectivity index (χ1n) is 6.26. The van der Waals surface area contributed by atoms with Crippen molar-refractivity contribution >= 4 is 11.9 Å². The van der Waals surface area contributed by atoms with Gasteiger partial charge >= 0.3 is 5.97 Å². The van der Waals surface area contributed by atoms with Crippen LogP contribution < -0.4 is 5.32 Å². The molecular weight excluding hydrogens is 248 g/mol. The Morgan fingerprint density at radius 1 is 1.53 bits per heavy atom. The first kappa shape index (κ1) is 15.2. The zero-order valence-corrected chi connectivity index (χ0v) is 11.3. The van der Waals surface area contributed by atoms with Gasteiger partial charge in [0.25, 0.3) is 5.91 Å². The van der Waals surface area contributed by atoms with Crippen molar-refractivity contribution in [2.75, 3.05) is 13.7 Å². The highest BCUT2D eigenvalue weighted by Crippen LogP contribution is 2.04. The highest BCUT2D eigenvalue weighted by molar-refractivity contribution is 5.92. The van der Waals surface area contributed by atoms with E-state index >= 15 is 0 Å². The molecular formula is C13H20N2O4. The summed E-state index contributed by atoms with van der Waals surface area (Å²) in [6.07, 6.45) is 2.14. The molecule has 0 spiro atoms. The maximum absolute atomic E-state index is 12.0. The van der Waals surface area contributed by atoms with Crippen LogP contribution in [0.15, 0.2) is 18.3 Å². The van der Waals surface area contributed by atoms with Crippen LogP contribution in [-0.2, 0) is 16.1 Å². The lowest BCUT2D eigenvalue weighted by molar-refractivity contribution is -0.139. The lowest BCUT2D eigenvalue weighted by atomic mass is 10.2. The van der Waals surface area contributed by atoms with Crippen molar-refractivity contribution in [3.63, 3.8) is 0 Å². The van der Waals surface area contributed by atoms with Crippen molar-refractivity contribution in [2.45, 2.75) is 32.4 Å². The molecule has 0 fully saturated rings. The highest BCUT2D eigenvalue weighted by Gasteiger charge is 2.15. The van der Waals surface area contributed by atoms with Gasteiger partial charge in [-0.25, -0.2) is 0 Å². The average Bonchev–Trinajstić information content (AvgIpc) is 2.82. The normalized spacial score (nSPS) is 12.1. The molecule has 0 aliphatic rings. The maximum atomic E-state index is 12.0. The van der Waals surface area contributed by atoms with Gasteiger partial charge in [-0.1, -0.05) is 6.92 Å². The molecule has 0 radical (unpaired) electrons. The lowest BCUT2D eigenvalue weighted by Gasteiger charge is -2.14. The van der Waals surface area contributed by atoms with Gasteiger partial charge in [-0.2, -0.15) is 0 Å². The SMILES string of the molecule is CCCn1cccc1C(=O)NCC(CC(=O)O)OC. The summed E-state index contributed by atoms with van der Waals surface area (Å²) in [5.41, 5.74) is 0.576. The van der Waals surface area contributed by atoms with Crippen LogP contribution in [0, 0.1) is 0 Å². The molecule has 1 rings (SSSR count). The number of nitrogens with zero attached hydrogens (tertiary/aromatic N) is 1. The number of nitrogens with one attached hydrogen (secondary N) is 1. The minimum absolute atomic E-state index is 0.132. The summed E-state index contributed by atoms with van der Waals surface area (Å²) in [6, 6.07) is 3.56. The predicted octanol–water partition coefficient (Wildman–Crippen LogP) is 1.12. The zero-order valence-electron chi connectivity index (χ0n) is 11.3. The summed E-state index contributed by atoms with van der Waals surface area (Å²) in [5, 5.41) is 11.4. The minimum Gasteiger partial charge on any atom is -0.481 e. The number of aryl methyl sites for hydroxylation is 1. The Morgan fingerprint density at radius 2 is 2.26 bits per heavy atom. The lowest BCUT2D eigenvalue weighted by Crippen LogP contribution is -2.35. The first-order chi connectivity index (χ1) is 9.08. The van der Waals surface area contributed by atoms with Gasteiger partial charge in [-0.05, 0) is 18.6 Å². The topological polar surface area (TPSA) is 80.6 Å². The van der Waals surface area contributed by atoms with Gasteiger partial charge < -0.3 is 19.7 Å². The van der Waals surface area contributed by atoms with Gasteiger partial charge in [0.1, 0.15) is 5.69 Å². The monoisotopic (exact) mass is 268 g/mol. The molecule has 0 saturated carbocycles. The second-order valence-corrected chi connectivity index (χ2v) is 4.25. The van der Waals surface area contributed by atoms with E-state index < -0.39 is 12.1 Å². The fourth-order valence-corrected chi connectivity index (χ4v) is 1.79. The largest absolute Gasteiger partial charge is 0.481 e. The summed E-state index contributed by atoms with van der Waals surface area (Å²) in [4.78, 5) is 22.6. The smallest absolute Gasteiger partial charge is 0.306 e. The molecule has 0 bridgehead atoms. The summed E-state index contributed by atoms with van der Waals surface area (Å²) >= 11 is 0. The molecule has 19 heavy (non-hydrogen) atoms. The Hall–Kier alpha value is -1.82. The van der Waals surface area contributed by atoms with E-state index in [0.29, 0.717) is 5.69 Å². The molecule has 6 nitrogen and oxygen atoms in total. The van der Waals surface area contributed by atoms with E-state index in [2.05, 4.69) is 5.32 Å². The molecule has 1 heterocycles. The fraction of sp³-hybridized carbons (Fsp3) is 0.538. The number of hydrogen-bond acceptors (Lipinski definition) is 3. The number of hydrogen-bond donors (Lipinski definition) is 2. The van der Waals surface area contributed by atoms with Crippen LogP contribution in [0.5, 0.6) is 0 Å². The fourth-order valence-electron chi connectivity index (χ4n) is 1.79. The van der Waals surface area contributed by atoms with E-state index in [1.54, 1.807) is 6.07 Å². The summed E-state index contributed by atoms with van der Waals surface area (Å²) in [5.74, 6) is -1.17. The molecule has 106 valence electrons. The van der Waals surface area contributed by atoms with E-state index in [1.807, 2.05) is 23.8 Å². The number of ether oxygens (including phenoxy) is 1. The van der Waals surface area contributed by atoms with Crippen molar-refractivity contribution in [3.05, 3.63) is 24.0 Å². The Kier molecular flexibility index (Phi) is 6.08. The number of carboxylic acid groups (broad SMARTS) is 1. The van der Waals surface area contributed by atoms with Crippen LogP contribution in [0.25, 0.3) is 0 Å². The van der Waals surface area contributed by atoms with Crippen LogP contribution in [0.2, 0.25) is 0 Å². The first-order valence-corrected chi connectivity index (χ1v) is 6.26. The molecule has 0 aromatic carbocycles. The number of aliphatic carboxylic acids is 1. The van der Waals surface area contributed by atoms with Crippen molar-refractivity contribution in [3.8, 4) is 0 Å². The van der Waals surface area contributed by atoms with Gasteiger partial charge in [0.15, 0.2) is 0 Å². The van der Waals surface area contributed by atoms with Crippen molar-refractivity contribution in [1.82, 2.24) is 9.88 Å². The van der Waals surface area contributed by atoms with Gasteiger partial charge in [0, 0.05) is 26.4 Å². The molecule has 0 aliphatic carbocycles. The molecule has 2 N–H and O–H groups in total. The molecule has 1 aromatic rings. The Labute approximate surface area is 112 Å². The van der Waals surface area contributed by atoms with Crippen molar-refractivity contribution in [1.29, 1.82) is 0 Å². The number of amides is 1. The molecule has 1 atom stereocenters. The minimum atomic E-state index is -0.949. The number of rotatable bonds is 8. The van der Waals surface area contributed by atoms with E-state index in [1.165, 1.54) is 7.11 Å². The number of methoxy groups -OCH3 is 1. The second-order valence-electron chi connectivity index (χ2n) is 4.25. The van der Waals surface area contributed by atoms with Gasteiger partial charge in [-0.3, -0.25) is 9.59 Å². The third kappa shape index (κ3) is 4.75. The molecule has 1 aromatic heterocycles. The van der Waals surface area contributed by atoms with Crippen LogP contribution in [0.4, 0.5) is 0 Å². The van der Waals surface area contributed by atoms with Crippen LogP contribution >= 0.6 is 0 Å².